The number of likely N-dealkylation sites (tertiary alicyclic amines) is 1. The smallest absolute Gasteiger partial charge is 0.311 e. The second-order valence-electron chi connectivity index (χ2n) is 5.06. The van der Waals surface area contributed by atoms with Crippen molar-refractivity contribution in [2.24, 2.45) is 5.41 Å². The molecular formula is C12H19NO3. The highest BCUT2D eigenvalue weighted by Gasteiger charge is 2.46. The van der Waals surface area contributed by atoms with E-state index in [1.165, 1.54) is 0 Å². The Hall–Kier alpha value is -1.06. The minimum absolute atomic E-state index is 0.144. The molecule has 4 nitrogen and oxygen atoms in total. The summed E-state index contributed by atoms with van der Waals surface area (Å²) in [6, 6.07) is 0. The van der Waals surface area contributed by atoms with Crippen LogP contribution in [0.2, 0.25) is 0 Å². The zero-order chi connectivity index (χ0) is 11.6. The number of carboxylic acid groups (broad SMARTS) is 1. The number of hydrogen-bond donors (Lipinski definition) is 1. The maximum absolute atomic E-state index is 11.8. The molecule has 2 aliphatic rings. The minimum atomic E-state index is -0.726. The first-order valence-corrected chi connectivity index (χ1v) is 6.15. The van der Waals surface area contributed by atoms with Gasteiger partial charge in [0, 0.05) is 19.5 Å². The molecule has 1 N–H and O–H groups in total. The number of carbonyl (C=O) groups excluding carboxylic acids is 1. The molecule has 2 rings (SSSR count). The van der Waals surface area contributed by atoms with E-state index in [-0.39, 0.29) is 5.91 Å². The van der Waals surface area contributed by atoms with Gasteiger partial charge in [-0.15, -0.1) is 0 Å². The van der Waals surface area contributed by atoms with E-state index in [2.05, 4.69) is 0 Å². The van der Waals surface area contributed by atoms with E-state index < -0.39 is 11.4 Å². The van der Waals surface area contributed by atoms with Crippen LogP contribution in [-0.4, -0.2) is 35.0 Å². The second kappa shape index (κ2) is 4.44. The lowest BCUT2D eigenvalue weighted by Gasteiger charge is -2.41. The molecule has 16 heavy (non-hydrogen) atoms. The summed E-state index contributed by atoms with van der Waals surface area (Å²) in [4.78, 5) is 24.8. The Morgan fingerprint density at radius 2 is 2.00 bits per heavy atom. The second-order valence-corrected chi connectivity index (χ2v) is 5.06. The van der Waals surface area contributed by atoms with Crippen molar-refractivity contribution in [1.29, 1.82) is 0 Å². The first kappa shape index (κ1) is 11.4. The maximum atomic E-state index is 11.8. The average Bonchev–Trinajstić information content (AvgIpc) is 2.36. The van der Waals surface area contributed by atoms with Crippen molar-refractivity contribution in [2.75, 3.05) is 13.1 Å². The minimum Gasteiger partial charge on any atom is -0.481 e. The van der Waals surface area contributed by atoms with Crippen LogP contribution >= 0.6 is 0 Å². The van der Waals surface area contributed by atoms with Crippen molar-refractivity contribution >= 4 is 11.9 Å². The van der Waals surface area contributed by atoms with Crippen molar-refractivity contribution in [3.05, 3.63) is 0 Å². The number of carboxylic acids is 1. The fourth-order valence-electron chi connectivity index (χ4n) is 2.61. The van der Waals surface area contributed by atoms with Gasteiger partial charge in [0.15, 0.2) is 0 Å². The molecule has 0 radical (unpaired) electrons. The van der Waals surface area contributed by atoms with E-state index in [1.54, 1.807) is 4.90 Å². The molecule has 0 aromatic heterocycles. The molecule has 1 saturated heterocycles. The van der Waals surface area contributed by atoms with Gasteiger partial charge in [0.2, 0.25) is 5.91 Å². The van der Waals surface area contributed by atoms with E-state index >= 15 is 0 Å². The zero-order valence-corrected chi connectivity index (χ0v) is 9.57. The van der Waals surface area contributed by atoms with Crippen molar-refractivity contribution in [2.45, 2.75) is 44.9 Å². The van der Waals surface area contributed by atoms with Gasteiger partial charge in [-0.1, -0.05) is 12.8 Å². The summed E-state index contributed by atoms with van der Waals surface area (Å²) in [6.07, 6.45) is 6.08. The third-order valence-electron chi connectivity index (χ3n) is 3.93. The Kier molecular flexibility index (Phi) is 3.17. The third kappa shape index (κ3) is 2.06. The molecule has 0 aromatic rings. The SMILES string of the molecule is O=C1CCCCCN1CC1(C(=O)O)CCC1. The Morgan fingerprint density at radius 3 is 2.56 bits per heavy atom. The molecule has 1 heterocycles. The molecule has 0 unspecified atom stereocenters. The summed E-state index contributed by atoms with van der Waals surface area (Å²) in [5.74, 6) is -0.583. The van der Waals surface area contributed by atoms with Gasteiger partial charge in [-0.2, -0.15) is 0 Å². The van der Waals surface area contributed by atoms with Crippen LogP contribution in [0.25, 0.3) is 0 Å². The Balaban J connectivity index is 2.01. The van der Waals surface area contributed by atoms with Gasteiger partial charge in [0.05, 0.1) is 5.41 Å². The van der Waals surface area contributed by atoms with Gasteiger partial charge in [-0.05, 0) is 25.7 Å². The summed E-state index contributed by atoms with van der Waals surface area (Å²) in [5.41, 5.74) is -0.625. The number of carbonyl (C=O) groups is 2. The molecule has 0 aromatic carbocycles. The van der Waals surface area contributed by atoms with Crippen LogP contribution in [0.3, 0.4) is 0 Å². The third-order valence-corrected chi connectivity index (χ3v) is 3.93. The van der Waals surface area contributed by atoms with E-state index in [9.17, 15) is 14.7 Å². The number of hydrogen-bond acceptors (Lipinski definition) is 2. The van der Waals surface area contributed by atoms with Gasteiger partial charge in [0.25, 0.3) is 0 Å². The van der Waals surface area contributed by atoms with Crippen LogP contribution in [0.15, 0.2) is 0 Å². The fourth-order valence-corrected chi connectivity index (χ4v) is 2.61. The maximum Gasteiger partial charge on any atom is 0.311 e. The number of aliphatic carboxylic acids is 1. The average molecular weight is 225 g/mol. The lowest BCUT2D eigenvalue weighted by molar-refractivity contribution is -0.157. The first-order chi connectivity index (χ1) is 7.64. The van der Waals surface area contributed by atoms with E-state index in [0.29, 0.717) is 13.0 Å². The Bertz CT molecular complexity index is 297. The van der Waals surface area contributed by atoms with E-state index in [4.69, 9.17) is 0 Å². The molecule has 0 spiro atoms. The van der Waals surface area contributed by atoms with Crippen LogP contribution in [-0.2, 0) is 9.59 Å². The molecule has 1 aliphatic carbocycles. The number of nitrogens with zero attached hydrogens (tertiary/aromatic N) is 1. The van der Waals surface area contributed by atoms with Crippen molar-refractivity contribution in [3.8, 4) is 0 Å². The molecule has 1 amide bonds. The van der Waals surface area contributed by atoms with Gasteiger partial charge in [-0.3, -0.25) is 9.59 Å². The zero-order valence-electron chi connectivity index (χ0n) is 9.57. The van der Waals surface area contributed by atoms with Gasteiger partial charge < -0.3 is 10.0 Å². The van der Waals surface area contributed by atoms with Gasteiger partial charge in [-0.25, -0.2) is 0 Å². The first-order valence-electron chi connectivity index (χ1n) is 6.15. The fraction of sp³-hybridized carbons (Fsp3) is 0.833. The largest absolute Gasteiger partial charge is 0.481 e. The van der Waals surface area contributed by atoms with Crippen LogP contribution < -0.4 is 0 Å². The summed E-state index contributed by atoms with van der Waals surface area (Å²) >= 11 is 0. The number of rotatable bonds is 3. The molecule has 0 bridgehead atoms. The van der Waals surface area contributed by atoms with Crippen molar-refractivity contribution < 1.29 is 14.7 Å². The molecule has 90 valence electrons. The number of amides is 1. The molecule has 1 aliphatic heterocycles. The molecule has 1 saturated carbocycles. The van der Waals surface area contributed by atoms with Crippen LogP contribution in [0.5, 0.6) is 0 Å². The van der Waals surface area contributed by atoms with Gasteiger partial charge in [0.1, 0.15) is 0 Å². The highest BCUT2D eigenvalue weighted by Crippen LogP contribution is 2.42. The summed E-state index contributed by atoms with van der Waals surface area (Å²) in [7, 11) is 0. The monoisotopic (exact) mass is 225 g/mol. The lowest BCUT2D eigenvalue weighted by atomic mass is 9.68. The van der Waals surface area contributed by atoms with Crippen LogP contribution in [0.4, 0.5) is 0 Å². The molecular weight excluding hydrogens is 206 g/mol. The predicted molar refractivity (Wildman–Crippen MR) is 59.0 cm³/mol. The van der Waals surface area contributed by atoms with Crippen LogP contribution in [0.1, 0.15) is 44.9 Å². The quantitative estimate of drug-likeness (QED) is 0.794. The van der Waals surface area contributed by atoms with Crippen molar-refractivity contribution in [1.82, 2.24) is 4.90 Å². The Labute approximate surface area is 95.6 Å². The highest BCUT2D eigenvalue weighted by molar-refractivity contribution is 5.79. The summed E-state index contributed by atoms with van der Waals surface area (Å²) in [5, 5.41) is 9.23. The lowest BCUT2D eigenvalue weighted by Crippen LogP contribution is -2.49. The van der Waals surface area contributed by atoms with E-state index in [1.807, 2.05) is 0 Å². The highest BCUT2D eigenvalue weighted by atomic mass is 16.4. The molecule has 4 heteroatoms. The van der Waals surface area contributed by atoms with Gasteiger partial charge >= 0.3 is 5.97 Å². The molecule has 2 fully saturated rings. The standard InChI is InChI=1S/C12H19NO3/c14-10-5-2-1-3-8-13(10)9-12(11(15)16)6-4-7-12/h1-9H2,(H,15,16). The summed E-state index contributed by atoms with van der Waals surface area (Å²) < 4.78 is 0. The topological polar surface area (TPSA) is 57.6 Å². The van der Waals surface area contributed by atoms with E-state index in [0.717, 1.165) is 45.1 Å². The molecule has 0 atom stereocenters. The van der Waals surface area contributed by atoms with Crippen LogP contribution in [0, 0.1) is 5.41 Å². The van der Waals surface area contributed by atoms with Crippen molar-refractivity contribution in [3.63, 3.8) is 0 Å². The summed E-state index contributed by atoms with van der Waals surface area (Å²) in [6.45, 7) is 1.18. The Morgan fingerprint density at radius 1 is 1.25 bits per heavy atom. The predicted octanol–water partition coefficient (Wildman–Crippen LogP) is 1.64. The normalized spacial score (nSPS) is 24.8.